The lowest BCUT2D eigenvalue weighted by molar-refractivity contribution is 0.569. The molecule has 1 saturated carbocycles. The van der Waals surface area contributed by atoms with Gasteiger partial charge >= 0.3 is 0 Å². The van der Waals surface area contributed by atoms with Gasteiger partial charge in [0.15, 0.2) is 12.2 Å². The van der Waals surface area contributed by atoms with Crippen molar-refractivity contribution in [2.75, 3.05) is 0 Å². The highest BCUT2D eigenvalue weighted by atomic mass is 16.3. The predicted molar refractivity (Wildman–Crippen MR) is 71.3 cm³/mol. The van der Waals surface area contributed by atoms with Crippen LogP contribution < -0.4 is 5.32 Å². The molecule has 0 spiro atoms. The van der Waals surface area contributed by atoms with E-state index >= 15 is 0 Å². The summed E-state index contributed by atoms with van der Waals surface area (Å²) in [6.45, 7) is 5.05. The highest BCUT2D eigenvalue weighted by Crippen LogP contribution is 2.28. The van der Waals surface area contributed by atoms with E-state index in [0.29, 0.717) is 6.04 Å². The average Bonchev–Trinajstić information content (AvgIpc) is 3.08. The first-order valence-electron chi connectivity index (χ1n) is 6.48. The topological polar surface area (TPSA) is 38.1 Å². The summed E-state index contributed by atoms with van der Waals surface area (Å²) in [6, 6.07) is 6.98. The Labute approximate surface area is 107 Å². The van der Waals surface area contributed by atoms with Crippen LogP contribution in [0.15, 0.2) is 29.0 Å². The lowest BCUT2D eigenvalue weighted by Crippen LogP contribution is -2.16. The van der Waals surface area contributed by atoms with Gasteiger partial charge in [-0.2, -0.15) is 0 Å². The number of nitrogens with one attached hydrogen (secondary N) is 1. The van der Waals surface area contributed by atoms with Crippen molar-refractivity contribution in [1.82, 2.24) is 10.3 Å². The Morgan fingerprint density at radius 3 is 2.94 bits per heavy atom. The minimum absolute atomic E-state index is 0.688. The quantitative estimate of drug-likeness (QED) is 0.894. The van der Waals surface area contributed by atoms with Crippen LogP contribution in [0.25, 0.3) is 11.3 Å². The zero-order valence-corrected chi connectivity index (χ0v) is 10.9. The summed E-state index contributed by atoms with van der Waals surface area (Å²) in [4.78, 5) is 4.33. The minimum atomic E-state index is 0.688. The Hall–Kier alpha value is -1.61. The van der Waals surface area contributed by atoms with Gasteiger partial charge in [0.25, 0.3) is 0 Å². The second-order valence-corrected chi connectivity index (χ2v) is 5.03. The van der Waals surface area contributed by atoms with Crippen LogP contribution in [0, 0.1) is 13.8 Å². The second-order valence-electron chi connectivity index (χ2n) is 5.03. The molecule has 1 heterocycles. The largest absolute Gasteiger partial charge is 0.443 e. The van der Waals surface area contributed by atoms with E-state index in [1.807, 2.05) is 0 Å². The SMILES string of the molecule is Cc1cccc(-c2ocnc2CNC2CC2)c1C. The molecule has 3 heteroatoms. The minimum Gasteiger partial charge on any atom is -0.443 e. The third-order valence-electron chi connectivity index (χ3n) is 3.63. The molecule has 94 valence electrons. The molecular weight excluding hydrogens is 224 g/mol. The predicted octanol–water partition coefficient (Wildman–Crippen LogP) is 3.21. The Balaban J connectivity index is 1.90. The summed E-state index contributed by atoms with van der Waals surface area (Å²) in [6.07, 6.45) is 4.12. The van der Waals surface area contributed by atoms with Gasteiger partial charge in [-0.15, -0.1) is 0 Å². The van der Waals surface area contributed by atoms with E-state index in [9.17, 15) is 0 Å². The molecular formula is C15H18N2O. The molecule has 1 fully saturated rings. The molecule has 1 aromatic heterocycles. The summed E-state index contributed by atoms with van der Waals surface area (Å²) < 4.78 is 5.59. The van der Waals surface area contributed by atoms with Gasteiger partial charge in [0.05, 0.1) is 0 Å². The van der Waals surface area contributed by atoms with Crippen LogP contribution in [-0.4, -0.2) is 11.0 Å². The molecule has 1 aliphatic carbocycles. The van der Waals surface area contributed by atoms with Gasteiger partial charge in [0.2, 0.25) is 0 Å². The van der Waals surface area contributed by atoms with Gasteiger partial charge in [-0.25, -0.2) is 4.98 Å². The molecule has 18 heavy (non-hydrogen) atoms. The third kappa shape index (κ3) is 2.18. The maximum atomic E-state index is 5.59. The van der Waals surface area contributed by atoms with Crippen molar-refractivity contribution in [3.8, 4) is 11.3 Å². The van der Waals surface area contributed by atoms with E-state index in [0.717, 1.165) is 23.6 Å². The van der Waals surface area contributed by atoms with Gasteiger partial charge in [0, 0.05) is 18.2 Å². The van der Waals surface area contributed by atoms with Crippen molar-refractivity contribution in [1.29, 1.82) is 0 Å². The molecule has 0 radical (unpaired) electrons. The van der Waals surface area contributed by atoms with Crippen LogP contribution in [0.4, 0.5) is 0 Å². The van der Waals surface area contributed by atoms with Crippen LogP contribution in [0.5, 0.6) is 0 Å². The number of rotatable bonds is 4. The first-order valence-corrected chi connectivity index (χ1v) is 6.48. The normalized spacial score (nSPS) is 15.0. The van der Waals surface area contributed by atoms with Crippen LogP contribution in [0.1, 0.15) is 29.7 Å². The molecule has 0 aliphatic heterocycles. The molecule has 0 atom stereocenters. The van der Waals surface area contributed by atoms with E-state index in [4.69, 9.17) is 4.42 Å². The first-order chi connectivity index (χ1) is 8.75. The zero-order valence-electron chi connectivity index (χ0n) is 10.9. The van der Waals surface area contributed by atoms with Gasteiger partial charge in [-0.1, -0.05) is 18.2 Å². The summed E-state index contributed by atoms with van der Waals surface area (Å²) in [5.74, 6) is 0.907. The van der Waals surface area contributed by atoms with E-state index < -0.39 is 0 Å². The Morgan fingerprint density at radius 2 is 2.17 bits per heavy atom. The van der Waals surface area contributed by atoms with E-state index in [1.54, 1.807) is 6.39 Å². The van der Waals surface area contributed by atoms with Gasteiger partial charge in [-0.3, -0.25) is 0 Å². The number of nitrogens with zero attached hydrogens (tertiary/aromatic N) is 1. The van der Waals surface area contributed by atoms with E-state index in [-0.39, 0.29) is 0 Å². The fourth-order valence-electron chi connectivity index (χ4n) is 2.14. The molecule has 1 N–H and O–H groups in total. The van der Waals surface area contributed by atoms with Crippen molar-refractivity contribution < 1.29 is 4.42 Å². The van der Waals surface area contributed by atoms with Gasteiger partial charge in [0.1, 0.15) is 5.69 Å². The molecule has 2 aromatic rings. The highest BCUT2D eigenvalue weighted by Gasteiger charge is 2.22. The molecule has 0 bridgehead atoms. The van der Waals surface area contributed by atoms with Gasteiger partial charge in [-0.05, 0) is 37.8 Å². The molecule has 3 rings (SSSR count). The van der Waals surface area contributed by atoms with Crippen LogP contribution >= 0.6 is 0 Å². The number of aryl methyl sites for hydroxylation is 1. The average molecular weight is 242 g/mol. The van der Waals surface area contributed by atoms with Crippen LogP contribution in [-0.2, 0) is 6.54 Å². The molecule has 3 nitrogen and oxygen atoms in total. The molecule has 1 aromatic carbocycles. The number of aromatic nitrogens is 1. The summed E-state index contributed by atoms with van der Waals surface area (Å²) in [5.41, 5.74) is 4.71. The van der Waals surface area contributed by atoms with Crippen LogP contribution in [0.2, 0.25) is 0 Å². The molecule has 1 aliphatic rings. The second kappa shape index (κ2) is 4.58. The Morgan fingerprint density at radius 1 is 1.33 bits per heavy atom. The third-order valence-corrected chi connectivity index (χ3v) is 3.63. The fourth-order valence-corrected chi connectivity index (χ4v) is 2.14. The first kappa shape index (κ1) is 11.5. The number of benzene rings is 1. The lowest BCUT2D eigenvalue weighted by atomic mass is 10.0. The summed E-state index contributed by atoms with van der Waals surface area (Å²) in [7, 11) is 0. The lowest BCUT2D eigenvalue weighted by Gasteiger charge is -2.07. The smallest absolute Gasteiger partial charge is 0.181 e. The standard InChI is InChI=1S/C15H18N2O/c1-10-4-3-5-13(11(10)2)15-14(17-9-18-15)8-16-12-6-7-12/h3-5,9,12,16H,6-8H2,1-2H3. The molecule has 0 unspecified atom stereocenters. The maximum absolute atomic E-state index is 5.59. The maximum Gasteiger partial charge on any atom is 0.181 e. The van der Waals surface area contributed by atoms with E-state index in [1.165, 1.54) is 24.0 Å². The number of hydrogen-bond donors (Lipinski definition) is 1. The summed E-state index contributed by atoms with van der Waals surface area (Å²) in [5, 5.41) is 3.48. The zero-order chi connectivity index (χ0) is 12.5. The van der Waals surface area contributed by atoms with Gasteiger partial charge < -0.3 is 9.73 Å². The van der Waals surface area contributed by atoms with Crippen molar-refractivity contribution in [3.05, 3.63) is 41.4 Å². The van der Waals surface area contributed by atoms with Crippen molar-refractivity contribution in [2.24, 2.45) is 0 Å². The molecule has 0 amide bonds. The number of hydrogen-bond acceptors (Lipinski definition) is 3. The van der Waals surface area contributed by atoms with Crippen LogP contribution in [0.3, 0.4) is 0 Å². The fraction of sp³-hybridized carbons (Fsp3) is 0.400. The summed E-state index contributed by atoms with van der Waals surface area (Å²) >= 11 is 0. The monoisotopic (exact) mass is 242 g/mol. The highest BCUT2D eigenvalue weighted by molar-refractivity contribution is 5.65. The Bertz CT molecular complexity index is 555. The Kier molecular flexibility index (Phi) is 2.92. The van der Waals surface area contributed by atoms with Crippen molar-refractivity contribution in [3.63, 3.8) is 0 Å². The van der Waals surface area contributed by atoms with Crippen molar-refractivity contribution in [2.45, 2.75) is 39.3 Å². The number of oxazole rings is 1. The van der Waals surface area contributed by atoms with Crippen molar-refractivity contribution >= 4 is 0 Å². The molecule has 0 saturated heterocycles. The van der Waals surface area contributed by atoms with E-state index in [2.05, 4.69) is 42.3 Å².